The lowest BCUT2D eigenvalue weighted by Crippen LogP contribution is -2.45. The standard InChI is InChI=1S/C13H28N2O2Si/c1-10(12(16)14-11(2)15(6)7)17-18(8,9)13(3,4)5/h10H,1-9H3/b14-11+/t10-/m1/s1. The minimum absolute atomic E-state index is 0.0991. The summed E-state index contributed by atoms with van der Waals surface area (Å²) in [7, 11) is 1.82. The molecule has 0 aliphatic rings. The highest BCUT2D eigenvalue weighted by Crippen LogP contribution is 2.37. The third-order valence-corrected chi connectivity index (χ3v) is 8.10. The molecular formula is C13H28N2O2Si. The third-order valence-electron chi connectivity index (χ3n) is 3.54. The molecular weight excluding hydrogens is 244 g/mol. The second kappa shape index (κ2) is 5.97. The fourth-order valence-electron chi connectivity index (χ4n) is 1.02. The quantitative estimate of drug-likeness (QED) is 0.451. The lowest BCUT2D eigenvalue weighted by molar-refractivity contribution is -0.124. The van der Waals surface area contributed by atoms with Gasteiger partial charge in [0, 0.05) is 14.1 Å². The first-order valence-electron chi connectivity index (χ1n) is 6.33. The Morgan fingerprint density at radius 2 is 1.72 bits per heavy atom. The van der Waals surface area contributed by atoms with E-state index in [0.717, 1.165) is 0 Å². The van der Waals surface area contributed by atoms with Gasteiger partial charge in [0.2, 0.25) is 0 Å². The number of hydrogen-bond donors (Lipinski definition) is 0. The van der Waals surface area contributed by atoms with Gasteiger partial charge in [0.05, 0.1) is 0 Å². The summed E-state index contributed by atoms with van der Waals surface area (Å²) in [6.07, 6.45) is -0.471. The maximum atomic E-state index is 11.9. The molecule has 0 aromatic heterocycles. The Kier molecular flexibility index (Phi) is 5.75. The van der Waals surface area contributed by atoms with E-state index in [0.29, 0.717) is 5.84 Å². The van der Waals surface area contributed by atoms with Gasteiger partial charge in [-0.2, -0.15) is 4.99 Å². The maximum absolute atomic E-state index is 11.9. The molecule has 0 aliphatic heterocycles. The van der Waals surface area contributed by atoms with Crippen molar-refractivity contribution < 1.29 is 9.22 Å². The Hall–Kier alpha value is -0.683. The fraction of sp³-hybridized carbons (Fsp3) is 0.846. The van der Waals surface area contributed by atoms with Gasteiger partial charge in [0.1, 0.15) is 11.9 Å². The predicted molar refractivity (Wildman–Crippen MR) is 79.5 cm³/mol. The van der Waals surface area contributed by atoms with Crippen LogP contribution in [-0.4, -0.2) is 45.2 Å². The second-order valence-corrected chi connectivity index (χ2v) is 11.2. The average Bonchev–Trinajstić information content (AvgIpc) is 2.14. The van der Waals surface area contributed by atoms with Crippen LogP contribution in [0.2, 0.25) is 18.1 Å². The van der Waals surface area contributed by atoms with Crippen LogP contribution in [0.15, 0.2) is 4.99 Å². The van der Waals surface area contributed by atoms with Crippen LogP contribution >= 0.6 is 0 Å². The van der Waals surface area contributed by atoms with Crippen molar-refractivity contribution >= 4 is 20.1 Å². The van der Waals surface area contributed by atoms with Crippen LogP contribution in [0.4, 0.5) is 0 Å². The number of carbonyl (C=O) groups excluding carboxylic acids is 1. The largest absolute Gasteiger partial charge is 0.405 e. The molecule has 18 heavy (non-hydrogen) atoms. The van der Waals surface area contributed by atoms with Crippen LogP contribution in [0, 0.1) is 0 Å². The number of amidine groups is 1. The Morgan fingerprint density at radius 1 is 1.28 bits per heavy atom. The van der Waals surface area contributed by atoms with E-state index in [1.165, 1.54) is 0 Å². The van der Waals surface area contributed by atoms with Crippen molar-refractivity contribution in [3.63, 3.8) is 0 Å². The Balaban J connectivity index is 4.75. The van der Waals surface area contributed by atoms with Gasteiger partial charge in [-0.25, -0.2) is 0 Å². The topological polar surface area (TPSA) is 41.9 Å². The minimum atomic E-state index is -1.91. The van der Waals surface area contributed by atoms with E-state index >= 15 is 0 Å². The van der Waals surface area contributed by atoms with E-state index in [9.17, 15) is 4.79 Å². The van der Waals surface area contributed by atoms with Gasteiger partial charge >= 0.3 is 0 Å². The molecule has 0 spiro atoms. The van der Waals surface area contributed by atoms with E-state index in [4.69, 9.17) is 4.43 Å². The molecule has 0 unspecified atom stereocenters. The van der Waals surface area contributed by atoms with Crippen LogP contribution in [0.5, 0.6) is 0 Å². The fourth-order valence-corrected chi connectivity index (χ4v) is 2.36. The first-order chi connectivity index (χ1) is 7.88. The number of nitrogens with zero attached hydrogens (tertiary/aromatic N) is 2. The van der Waals surface area contributed by atoms with Crippen molar-refractivity contribution in [1.29, 1.82) is 0 Å². The smallest absolute Gasteiger partial charge is 0.274 e. The number of carbonyl (C=O) groups is 1. The van der Waals surface area contributed by atoms with Crippen molar-refractivity contribution in [1.82, 2.24) is 4.90 Å². The summed E-state index contributed by atoms with van der Waals surface area (Å²) in [5.41, 5.74) is 0. The summed E-state index contributed by atoms with van der Waals surface area (Å²) in [6, 6.07) is 0. The lowest BCUT2D eigenvalue weighted by Gasteiger charge is -2.37. The summed E-state index contributed by atoms with van der Waals surface area (Å²) in [5, 5.41) is 0.0991. The van der Waals surface area contributed by atoms with Gasteiger partial charge < -0.3 is 9.33 Å². The summed E-state index contributed by atoms with van der Waals surface area (Å²) in [4.78, 5) is 17.8. The highest BCUT2D eigenvalue weighted by molar-refractivity contribution is 6.74. The molecule has 0 aliphatic carbocycles. The SMILES string of the molecule is C/C(=N\C(=O)[C@@H](C)O[Si](C)(C)C(C)(C)C)N(C)C. The van der Waals surface area contributed by atoms with Crippen LogP contribution in [-0.2, 0) is 9.22 Å². The molecule has 0 saturated heterocycles. The summed E-state index contributed by atoms with van der Waals surface area (Å²) >= 11 is 0. The van der Waals surface area contributed by atoms with Crippen molar-refractivity contribution in [2.75, 3.05) is 14.1 Å². The monoisotopic (exact) mass is 272 g/mol. The van der Waals surface area contributed by atoms with Gasteiger partial charge in [-0.05, 0) is 32.0 Å². The van der Waals surface area contributed by atoms with Crippen molar-refractivity contribution in [3.05, 3.63) is 0 Å². The Labute approximate surface area is 113 Å². The molecule has 0 heterocycles. The van der Waals surface area contributed by atoms with E-state index in [1.54, 1.807) is 6.92 Å². The highest BCUT2D eigenvalue weighted by atomic mass is 28.4. The molecule has 0 fully saturated rings. The number of aliphatic imine (C=N–C) groups is 1. The molecule has 0 aromatic rings. The Bertz CT molecular complexity index is 330. The predicted octanol–water partition coefficient (Wildman–Crippen LogP) is 2.90. The summed E-state index contributed by atoms with van der Waals surface area (Å²) in [5.74, 6) is 0.497. The van der Waals surface area contributed by atoms with Crippen LogP contribution < -0.4 is 0 Å². The molecule has 106 valence electrons. The zero-order valence-corrected chi connectivity index (χ0v) is 14.3. The first-order valence-corrected chi connectivity index (χ1v) is 9.23. The van der Waals surface area contributed by atoms with Gasteiger partial charge in [-0.3, -0.25) is 4.79 Å². The molecule has 1 atom stereocenters. The lowest BCUT2D eigenvalue weighted by atomic mass is 10.2. The van der Waals surface area contributed by atoms with Crippen LogP contribution in [0.3, 0.4) is 0 Å². The molecule has 1 amide bonds. The van der Waals surface area contributed by atoms with Crippen LogP contribution in [0.1, 0.15) is 34.6 Å². The average molecular weight is 272 g/mol. The molecule has 4 nitrogen and oxygen atoms in total. The van der Waals surface area contributed by atoms with E-state index in [-0.39, 0.29) is 10.9 Å². The minimum Gasteiger partial charge on any atom is -0.405 e. The molecule has 5 heteroatoms. The summed E-state index contributed by atoms with van der Waals surface area (Å²) in [6.45, 7) is 14.4. The molecule has 0 rings (SSSR count). The van der Waals surface area contributed by atoms with Gasteiger partial charge in [-0.15, -0.1) is 0 Å². The van der Waals surface area contributed by atoms with Crippen molar-refractivity contribution in [3.8, 4) is 0 Å². The van der Waals surface area contributed by atoms with E-state index in [2.05, 4.69) is 38.9 Å². The summed E-state index contributed by atoms with van der Waals surface area (Å²) < 4.78 is 6.01. The molecule has 0 aromatic carbocycles. The highest BCUT2D eigenvalue weighted by Gasteiger charge is 2.39. The first kappa shape index (κ1) is 17.3. The second-order valence-electron chi connectivity index (χ2n) is 6.41. The van der Waals surface area contributed by atoms with E-state index in [1.807, 2.05) is 25.9 Å². The van der Waals surface area contributed by atoms with Crippen molar-refractivity contribution in [2.45, 2.75) is 58.9 Å². The number of hydrogen-bond acceptors (Lipinski definition) is 2. The maximum Gasteiger partial charge on any atom is 0.274 e. The van der Waals surface area contributed by atoms with Gasteiger partial charge in [0.15, 0.2) is 8.32 Å². The van der Waals surface area contributed by atoms with Gasteiger partial charge in [-0.1, -0.05) is 20.8 Å². The third kappa shape index (κ3) is 4.90. The number of rotatable bonds is 3. The molecule has 0 N–H and O–H groups in total. The molecule has 0 radical (unpaired) electrons. The Morgan fingerprint density at radius 3 is 2.06 bits per heavy atom. The number of amides is 1. The zero-order valence-electron chi connectivity index (χ0n) is 13.3. The molecule has 0 saturated carbocycles. The van der Waals surface area contributed by atoms with Crippen LogP contribution in [0.25, 0.3) is 0 Å². The molecule has 0 bridgehead atoms. The van der Waals surface area contributed by atoms with Crippen molar-refractivity contribution in [2.24, 2.45) is 4.99 Å². The van der Waals surface area contributed by atoms with E-state index < -0.39 is 14.4 Å². The normalized spacial score (nSPS) is 15.5. The van der Waals surface area contributed by atoms with Gasteiger partial charge in [0.25, 0.3) is 5.91 Å². The zero-order chi connectivity index (χ0) is 14.7.